The van der Waals surface area contributed by atoms with E-state index in [1.165, 1.54) is 5.39 Å². The van der Waals surface area contributed by atoms with Crippen LogP contribution < -0.4 is 10.1 Å². The lowest BCUT2D eigenvalue weighted by molar-refractivity contribution is 0.396. The minimum absolute atomic E-state index is 0.692. The molecule has 0 spiro atoms. The number of aliphatic imine (C=N–C) groups is 1. The Morgan fingerprint density at radius 3 is 2.68 bits per heavy atom. The quantitative estimate of drug-likeness (QED) is 0.555. The van der Waals surface area contributed by atoms with Gasteiger partial charge in [-0.05, 0) is 23.6 Å². The molecule has 25 heavy (non-hydrogen) atoms. The molecular weight excluding hydrogens is 312 g/mol. The van der Waals surface area contributed by atoms with Crippen LogP contribution in [0.1, 0.15) is 11.3 Å². The zero-order valence-corrected chi connectivity index (χ0v) is 14.9. The summed E-state index contributed by atoms with van der Waals surface area (Å²) in [5.74, 6) is 1.73. The third kappa shape index (κ3) is 3.94. The summed E-state index contributed by atoms with van der Waals surface area (Å²) in [6.45, 7) is 1.41. The highest BCUT2D eigenvalue weighted by Crippen LogP contribution is 2.19. The fraction of sp³-hybridized carbons (Fsp3) is 0.250. The Bertz CT molecular complexity index is 836. The van der Waals surface area contributed by atoms with E-state index in [4.69, 9.17) is 4.74 Å². The summed E-state index contributed by atoms with van der Waals surface area (Å²) in [6, 6.07) is 18.5. The Morgan fingerprint density at radius 2 is 1.92 bits per heavy atom. The van der Waals surface area contributed by atoms with Gasteiger partial charge in [-0.3, -0.25) is 4.99 Å². The van der Waals surface area contributed by atoms with Gasteiger partial charge in [-0.1, -0.05) is 36.4 Å². The average molecular weight is 336 g/mol. The minimum atomic E-state index is 0.692. The number of hydrogen-bond donors (Lipinski definition) is 2. The van der Waals surface area contributed by atoms with E-state index in [-0.39, 0.29) is 0 Å². The molecule has 0 amide bonds. The molecule has 0 aliphatic rings. The van der Waals surface area contributed by atoms with Crippen LogP contribution in [0.5, 0.6) is 5.75 Å². The van der Waals surface area contributed by atoms with Crippen molar-refractivity contribution in [2.45, 2.75) is 13.1 Å². The molecule has 5 heteroatoms. The molecule has 0 atom stereocenters. The summed E-state index contributed by atoms with van der Waals surface area (Å²) in [5.41, 5.74) is 3.41. The molecule has 130 valence electrons. The highest BCUT2D eigenvalue weighted by molar-refractivity contribution is 5.81. The van der Waals surface area contributed by atoms with Crippen LogP contribution in [-0.2, 0) is 13.1 Å². The Hall–Kier alpha value is -2.95. The number of benzene rings is 2. The molecule has 0 unspecified atom stereocenters. The van der Waals surface area contributed by atoms with E-state index in [1.807, 2.05) is 37.4 Å². The second-order valence-corrected chi connectivity index (χ2v) is 5.95. The van der Waals surface area contributed by atoms with Crippen molar-refractivity contribution in [1.29, 1.82) is 0 Å². The van der Waals surface area contributed by atoms with Crippen molar-refractivity contribution < 1.29 is 4.74 Å². The van der Waals surface area contributed by atoms with Crippen molar-refractivity contribution in [2.75, 3.05) is 21.2 Å². The molecule has 0 aliphatic heterocycles. The predicted molar refractivity (Wildman–Crippen MR) is 103 cm³/mol. The molecule has 0 bridgehead atoms. The highest BCUT2D eigenvalue weighted by atomic mass is 16.5. The molecule has 0 aliphatic carbocycles. The Labute approximate surface area is 148 Å². The second kappa shape index (κ2) is 7.75. The lowest BCUT2D eigenvalue weighted by Crippen LogP contribution is -2.38. The highest BCUT2D eigenvalue weighted by Gasteiger charge is 2.10. The number of H-pyrrole nitrogens is 1. The molecular formula is C20H24N4O. The van der Waals surface area contributed by atoms with Crippen LogP contribution in [0.4, 0.5) is 0 Å². The summed E-state index contributed by atoms with van der Waals surface area (Å²) in [4.78, 5) is 9.90. The van der Waals surface area contributed by atoms with Crippen molar-refractivity contribution >= 4 is 16.9 Å². The smallest absolute Gasteiger partial charge is 0.194 e. The van der Waals surface area contributed by atoms with E-state index in [1.54, 1.807) is 14.2 Å². The minimum Gasteiger partial charge on any atom is -0.496 e. The van der Waals surface area contributed by atoms with E-state index in [0.29, 0.717) is 6.54 Å². The number of para-hydroxylation sites is 2. The van der Waals surface area contributed by atoms with Crippen LogP contribution in [0.2, 0.25) is 0 Å². The van der Waals surface area contributed by atoms with Crippen LogP contribution in [0, 0.1) is 0 Å². The van der Waals surface area contributed by atoms with Crippen LogP contribution in [-0.4, -0.2) is 37.0 Å². The maximum atomic E-state index is 5.43. The van der Waals surface area contributed by atoms with Gasteiger partial charge >= 0.3 is 0 Å². The van der Waals surface area contributed by atoms with Gasteiger partial charge in [0.1, 0.15) is 5.75 Å². The summed E-state index contributed by atoms with van der Waals surface area (Å²) >= 11 is 0. The maximum absolute atomic E-state index is 5.43. The van der Waals surface area contributed by atoms with Crippen molar-refractivity contribution in [3.8, 4) is 5.75 Å². The number of methoxy groups -OCH3 is 1. The van der Waals surface area contributed by atoms with Gasteiger partial charge in [0.05, 0.1) is 13.7 Å². The Morgan fingerprint density at radius 1 is 1.16 bits per heavy atom. The Kier molecular flexibility index (Phi) is 5.23. The van der Waals surface area contributed by atoms with Crippen LogP contribution in [0.3, 0.4) is 0 Å². The average Bonchev–Trinajstić information content (AvgIpc) is 3.05. The van der Waals surface area contributed by atoms with E-state index in [2.05, 4.69) is 44.5 Å². The number of rotatable bonds is 5. The zero-order valence-electron chi connectivity index (χ0n) is 14.9. The largest absolute Gasteiger partial charge is 0.496 e. The van der Waals surface area contributed by atoms with E-state index in [0.717, 1.165) is 35.0 Å². The van der Waals surface area contributed by atoms with Crippen LogP contribution in [0.15, 0.2) is 59.6 Å². The number of ether oxygens (including phenoxy) is 1. The molecule has 3 aromatic rings. The molecule has 0 fully saturated rings. The van der Waals surface area contributed by atoms with Gasteiger partial charge < -0.3 is 19.9 Å². The molecule has 0 saturated carbocycles. The summed E-state index contributed by atoms with van der Waals surface area (Å²) in [6.07, 6.45) is 0. The fourth-order valence-electron chi connectivity index (χ4n) is 2.95. The standard InChI is InChI=1S/C20H24N4O/c1-21-20(24(2)14-16-9-5-7-11-19(16)25-3)22-13-17-12-15-8-4-6-10-18(15)23-17/h4-12,23H,13-14H2,1-3H3,(H,21,22). The third-order valence-corrected chi connectivity index (χ3v) is 4.20. The van der Waals surface area contributed by atoms with Crippen molar-refractivity contribution in [3.63, 3.8) is 0 Å². The van der Waals surface area contributed by atoms with Crippen LogP contribution in [0.25, 0.3) is 10.9 Å². The van der Waals surface area contributed by atoms with Gasteiger partial charge in [0.25, 0.3) is 0 Å². The maximum Gasteiger partial charge on any atom is 0.194 e. The van der Waals surface area contributed by atoms with E-state index < -0.39 is 0 Å². The Balaban J connectivity index is 1.65. The van der Waals surface area contributed by atoms with Gasteiger partial charge in [0.2, 0.25) is 0 Å². The van der Waals surface area contributed by atoms with Gasteiger partial charge in [0, 0.05) is 37.4 Å². The summed E-state index contributed by atoms with van der Waals surface area (Å²) in [5, 5.41) is 4.63. The predicted octanol–water partition coefficient (Wildman–Crippen LogP) is 3.38. The number of nitrogens with one attached hydrogen (secondary N) is 2. The van der Waals surface area contributed by atoms with Crippen molar-refractivity contribution in [2.24, 2.45) is 4.99 Å². The number of nitrogens with zero attached hydrogens (tertiary/aromatic N) is 2. The first kappa shape index (κ1) is 16.9. The van der Waals surface area contributed by atoms with Crippen LogP contribution >= 0.6 is 0 Å². The molecule has 2 aromatic carbocycles. The summed E-state index contributed by atoms with van der Waals surface area (Å²) in [7, 11) is 5.51. The summed E-state index contributed by atoms with van der Waals surface area (Å²) < 4.78 is 5.43. The number of aromatic nitrogens is 1. The monoisotopic (exact) mass is 336 g/mol. The molecule has 0 radical (unpaired) electrons. The van der Waals surface area contributed by atoms with E-state index in [9.17, 15) is 0 Å². The first-order valence-corrected chi connectivity index (χ1v) is 8.31. The molecule has 1 aromatic heterocycles. The fourth-order valence-corrected chi connectivity index (χ4v) is 2.95. The number of hydrogen-bond acceptors (Lipinski definition) is 2. The first-order chi connectivity index (χ1) is 12.2. The lowest BCUT2D eigenvalue weighted by atomic mass is 10.2. The second-order valence-electron chi connectivity index (χ2n) is 5.95. The van der Waals surface area contributed by atoms with Gasteiger partial charge in [-0.2, -0.15) is 0 Å². The molecule has 2 N–H and O–H groups in total. The number of guanidine groups is 1. The van der Waals surface area contributed by atoms with E-state index >= 15 is 0 Å². The van der Waals surface area contributed by atoms with Crippen molar-refractivity contribution in [3.05, 3.63) is 65.9 Å². The first-order valence-electron chi connectivity index (χ1n) is 8.31. The topological polar surface area (TPSA) is 52.7 Å². The zero-order chi connectivity index (χ0) is 17.6. The number of fused-ring (bicyclic) bond motifs is 1. The molecule has 3 rings (SSSR count). The van der Waals surface area contributed by atoms with Gasteiger partial charge in [-0.25, -0.2) is 0 Å². The number of aromatic amines is 1. The molecule has 0 saturated heterocycles. The lowest BCUT2D eigenvalue weighted by Gasteiger charge is -2.23. The van der Waals surface area contributed by atoms with Crippen molar-refractivity contribution in [1.82, 2.24) is 15.2 Å². The normalized spacial score (nSPS) is 11.6. The SMILES string of the molecule is CN=C(NCc1cc2ccccc2[nH]1)N(C)Cc1ccccc1OC. The molecule has 1 heterocycles. The molecule has 5 nitrogen and oxygen atoms in total. The third-order valence-electron chi connectivity index (χ3n) is 4.20. The van der Waals surface area contributed by atoms with Gasteiger partial charge in [0.15, 0.2) is 5.96 Å². The van der Waals surface area contributed by atoms with Gasteiger partial charge in [-0.15, -0.1) is 0 Å².